The van der Waals surface area contributed by atoms with E-state index in [2.05, 4.69) is 0 Å². The summed E-state index contributed by atoms with van der Waals surface area (Å²) in [5.41, 5.74) is 4.57. The van der Waals surface area contributed by atoms with Crippen LogP contribution in [0.4, 0.5) is 4.79 Å². The van der Waals surface area contributed by atoms with Crippen LogP contribution in [0.25, 0.3) is 0 Å². The van der Waals surface area contributed by atoms with Crippen LogP contribution in [0.3, 0.4) is 0 Å². The molecule has 2 rings (SSSR count). The number of nitrogens with two attached hydrogens (primary N) is 1. The fourth-order valence-electron chi connectivity index (χ4n) is 2.49. The van der Waals surface area contributed by atoms with Gasteiger partial charge < -0.3 is 25.2 Å². The van der Waals surface area contributed by atoms with Gasteiger partial charge in [-0.1, -0.05) is 11.6 Å². The summed E-state index contributed by atoms with van der Waals surface area (Å²) in [5.74, 6) is -0.769. The standard InChI is InChI=1S/C17H23ClN2O5/c1-17(2,3)25-16(23)20-6-4-10(5-7-20)24-14-9-13(21)11(15(19)22)8-12(14)18/h8-10,21H,4-7H2,1-3H3,(H2,19,22). The van der Waals surface area contributed by atoms with E-state index in [1.807, 2.05) is 20.8 Å². The van der Waals surface area contributed by atoms with E-state index in [0.717, 1.165) is 0 Å². The van der Waals surface area contributed by atoms with Crippen LogP contribution in [-0.2, 0) is 4.74 Å². The molecule has 1 aromatic carbocycles. The van der Waals surface area contributed by atoms with Crippen LogP contribution in [0.2, 0.25) is 5.02 Å². The first-order valence-corrected chi connectivity index (χ1v) is 8.41. The number of ether oxygens (including phenoxy) is 2. The Bertz CT molecular complexity index is 664. The van der Waals surface area contributed by atoms with E-state index in [4.69, 9.17) is 26.8 Å². The summed E-state index contributed by atoms with van der Waals surface area (Å²) in [6.45, 7) is 6.48. The predicted molar refractivity (Wildman–Crippen MR) is 93.1 cm³/mol. The number of piperidine rings is 1. The van der Waals surface area contributed by atoms with Crippen molar-refractivity contribution in [1.82, 2.24) is 4.90 Å². The molecule has 1 saturated heterocycles. The fourth-order valence-corrected chi connectivity index (χ4v) is 2.70. The highest BCUT2D eigenvalue weighted by molar-refractivity contribution is 6.32. The summed E-state index contributed by atoms with van der Waals surface area (Å²) in [6, 6.07) is 2.56. The van der Waals surface area contributed by atoms with E-state index < -0.39 is 11.5 Å². The highest BCUT2D eigenvalue weighted by Crippen LogP contribution is 2.33. The van der Waals surface area contributed by atoms with Crippen LogP contribution in [0.1, 0.15) is 44.0 Å². The minimum Gasteiger partial charge on any atom is -0.507 e. The van der Waals surface area contributed by atoms with Crippen LogP contribution in [0.15, 0.2) is 12.1 Å². The summed E-state index contributed by atoms with van der Waals surface area (Å²) in [6.07, 6.45) is 0.712. The minimum atomic E-state index is -0.767. The fraction of sp³-hybridized carbons (Fsp3) is 0.529. The Morgan fingerprint density at radius 3 is 2.40 bits per heavy atom. The molecule has 0 aliphatic carbocycles. The average Bonchev–Trinajstić information content (AvgIpc) is 2.49. The maximum absolute atomic E-state index is 12.0. The van der Waals surface area contributed by atoms with Crippen molar-refractivity contribution in [2.24, 2.45) is 5.73 Å². The lowest BCUT2D eigenvalue weighted by atomic mass is 10.1. The van der Waals surface area contributed by atoms with Gasteiger partial charge in [0.25, 0.3) is 5.91 Å². The summed E-state index contributed by atoms with van der Waals surface area (Å²) >= 11 is 6.09. The van der Waals surface area contributed by atoms with Crippen molar-refractivity contribution in [2.45, 2.75) is 45.3 Å². The number of amides is 2. The zero-order valence-corrected chi connectivity index (χ0v) is 15.3. The van der Waals surface area contributed by atoms with E-state index in [1.165, 1.54) is 12.1 Å². The second-order valence-electron chi connectivity index (χ2n) is 6.95. The number of carbonyl (C=O) groups is 2. The van der Waals surface area contributed by atoms with Crippen LogP contribution in [-0.4, -0.2) is 46.8 Å². The highest BCUT2D eigenvalue weighted by Gasteiger charge is 2.28. The van der Waals surface area contributed by atoms with Crippen molar-refractivity contribution < 1.29 is 24.2 Å². The Morgan fingerprint density at radius 1 is 1.28 bits per heavy atom. The van der Waals surface area contributed by atoms with Crippen LogP contribution >= 0.6 is 11.6 Å². The number of halogens is 1. The highest BCUT2D eigenvalue weighted by atomic mass is 35.5. The van der Waals surface area contributed by atoms with E-state index in [-0.39, 0.29) is 34.3 Å². The normalized spacial score (nSPS) is 15.8. The molecule has 0 radical (unpaired) electrons. The van der Waals surface area contributed by atoms with E-state index in [9.17, 15) is 14.7 Å². The molecule has 0 spiro atoms. The summed E-state index contributed by atoms with van der Waals surface area (Å²) in [7, 11) is 0. The lowest BCUT2D eigenvalue weighted by Gasteiger charge is -2.33. The number of nitrogens with zero attached hydrogens (tertiary/aromatic N) is 1. The van der Waals surface area contributed by atoms with Gasteiger partial charge in [0.15, 0.2) is 0 Å². The van der Waals surface area contributed by atoms with Crippen LogP contribution in [0.5, 0.6) is 11.5 Å². The summed E-state index contributed by atoms with van der Waals surface area (Å²) in [5, 5.41) is 10.0. The molecular formula is C17H23ClN2O5. The van der Waals surface area contributed by atoms with Crippen molar-refractivity contribution >= 4 is 23.6 Å². The molecule has 1 fully saturated rings. The molecule has 0 aromatic heterocycles. The Morgan fingerprint density at radius 2 is 1.88 bits per heavy atom. The first-order valence-electron chi connectivity index (χ1n) is 8.03. The van der Waals surface area contributed by atoms with Gasteiger partial charge in [-0.3, -0.25) is 4.79 Å². The summed E-state index contributed by atoms with van der Waals surface area (Å²) in [4.78, 5) is 24.9. The van der Waals surface area contributed by atoms with Crippen LogP contribution < -0.4 is 10.5 Å². The Balaban J connectivity index is 1.95. The van der Waals surface area contributed by atoms with Gasteiger partial charge in [0.05, 0.1) is 10.6 Å². The molecule has 1 aliphatic rings. The zero-order chi connectivity index (χ0) is 18.8. The lowest BCUT2D eigenvalue weighted by Crippen LogP contribution is -2.44. The van der Waals surface area contributed by atoms with Gasteiger partial charge >= 0.3 is 6.09 Å². The molecule has 8 heteroatoms. The number of carbonyl (C=O) groups excluding carboxylic acids is 2. The number of benzene rings is 1. The third-order valence-corrected chi connectivity index (χ3v) is 4.00. The van der Waals surface area contributed by atoms with Crippen molar-refractivity contribution in [3.05, 3.63) is 22.7 Å². The van der Waals surface area contributed by atoms with Crippen LogP contribution in [0, 0.1) is 0 Å². The number of primary amides is 1. The Labute approximate surface area is 151 Å². The largest absolute Gasteiger partial charge is 0.507 e. The van der Waals surface area contributed by atoms with Crippen molar-refractivity contribution in [3.8, 4) is 11.5 Å². The number of hydrogen-bond acceptors (Lipinski definition) is 5. The SMILES string of the molecule is CC(C)(C)OC(=O)N1CCC(Oc2cc(O)c(C(N)=O)cc2Cl)CC1. The monoisotopic (exact) mass is 370 g/mol. The van der Waals surface area contributed by atoms with E-state index in [1.54, 1.807) is 4.90 Å². The first-order chi connectivity index (χ1) is 11.6. The van der Waals surface area contributed by atoms with E-state index >= 15 is 0 Å². The molecular weight excluding hydrogens is 348 g/mol. The molecule has 3 N–H and O–H groups in total. The maximum atomic E-state index is 12.0. The predicted octanol–water partition coefficient (Wildman–Crippen LogP) is 2.92. The minimum absolute atomic E-state index is 0.0582. The van der Waals surface area contributed by atoms with Gasteiger partial charge in [0.1, 0.15) is 23.2 Å². The van der Waals surface area contributed by atoms with Gasteiger partial charge in [-0.25, -0.2) is 4.79 Å². The number of likely N-dealkylation sites (tertiary alicyclic amines) is 1. The third kappa shape index (κ3) is 5.16. The molecule has 25 heavy (non-hydrogen) atoms. The van der Waals surface area contributed by atoms with Gasteiger partial charge in [-0.15, -0.1) is 0 Å². The number of phenols is 1. The van der Waals surface area contributed by atoms with Gasteiger partial charge in [0, 0.05) is 32.0 Å². The van der Waals surface area contributed by atoms with Crippen molar-refractivity contribution in [2.75, 3.05) is 13.1 Å². The van der Waals surface area contributed by atoms with Crippen molar-refractivity contribution in [1.29, 1.82) is 0 Å². The smallest absolute Gasteiger partial charge is 0.410 e. The summed E-state index contributed by atoms with van der Waals surface area (Å²) < 4.78 is 11.2. The molecule has 0 unspecified atom stereocenters. The third-order valence-electron chi connectivity index (χ3n) is 3.70. The number of rotatable bonds is 3. The molecule has 2 amide bonds. The lowest BCUT2D eigenvalue weighted by molar-refractivity contribution is 0.0126. The molecule has 0 atom stereocenters. The second kappa shape index (κ2) is 7.39. The second-order valence-corrected chi connectivity index (χ2v) is 7.36. The Hall–Kier alpha value is -2.15. The number of hydrogen-bond donors (Lipinski definition) is 2. The maximum Gasteiger partial charge on any atom is 0.410 e. The zero-order valence-electron chi connectivity index (χ0n) is 14.5. The topological polar surface area (TPSA) is 102 Å². The molecule has 1 aliphatic heterocycles. The molecule has 1 aromatic rings. The molecule has 7 nitrogen and oxygen atoms in total. The molecule has 1 heterocycles. The quantitative estimate of drug-likeness (QED) is 0.851. The van der Waals surface area contributed by atoms with Gasteiger partial charge in [0.2, 0.25) is 0 Å². The first kappa shape index (κ1) is 19.2. The average molecular weight is 371 g/mol. The molecule has 0 bridgehead atoms. The van der Waals surface area contributed by atoms with E-state index in [0.29, 0.717) is 25.9 Å². The van der Waals surface area contributed by atoms with Gasteiger partial charge in [-0.2, -0.15) is 0 Å². The molecule has 138 valence electrons. The Kier molecular flexibility index (Phi) is 5.67. The van der Waals surface area contributed by atoms with Gasteiger partial charge in [-0.05, 0) is 26.8 Å². The van der Waals surface area contributed by atoms with Crippen molar-refractivity contribution in [3.63, 3.8) is 0 Å². The number of aromatic hydroxyl groups is 1. The molecule has 0 saturated carbocycles.